The minimum atomic E-state index is -4.88. The molecule has 2 heterocycles. The second kappa shape index (κ2) is 9.19. The van der Waals surface area contributed by atoms with E-state index in [1.807, 2.05) is 25.1 Å². The van der Waals surface area contributed by atoms with Gasteiger partial charge in [-0.3, -0.25) is 14.5 Å². The van der Waals surface area contributed by atoms with Crippen molar-refractivity contribution < 1.29 is 27.2 Å². The summed E-state index contributed by atoms with van der Waals surface area (Å²) >= 11 is 6.29. The fourth-order valence-electron chi connectivity index (χ4n) is 4.97. The molecule has 0 spiro atoms. The van der Waals surface area contributed by atoms with Crippen molar-refractivity contribution in [2.24, 2.45) is 17.6 Å². The van der Waals surface area contributed by atoms with E-state index in [4.69, 9.17) is 17.3 Å². The van der Waals surface area contributed by atoms with E-state index < -0.39 is 29.4 Å². The van der Waals surface area contributed by atoms with Gasteiger partial charge in [-0.2, -0.15) is 13.2 Å². The maximum atomic E-state index is 13.6. The van der Waals surface area contributed by atoms with Crippen molar-refractivity contribution in [3.8, 4) is 0 Å². The molecule has 0 bridgehead atoms. The molecule has 2 N–H and O–H groups in total. The number of amides is 2. The highest BCUT2D eigenvalue weighted by molar-refractivity contribution is 6.31. The van der Waals surface area contributed by atoms with Gasteiger partial charge in [-0.25, -0.2) is 4.39 Å². The Kier molecular flexibility index (Phi) is 6.61. The molecule has 34 heavy (non-hydrogen) atoms. The van der Waals surface area contributed by atoms with Gasteiger partial charge in [-0.05, 0) is 54.2 Å². The Bertz CT molecular complexity index is 1110. The zero-order chi connectivity index (χ0) is 24.8. The number of aryl methyl sites for hydroxylation is 1. The molecular weight excluding hydrogens is 474 g/mol. The van der Waals surface area contributed by atoms with Gasteiger partial charge in [0.1, 0.15) is 5.82 Å². The third kappa shape index (κ3) is 4.90. The monoisotopic (exact) mass is 497 g/mol. The third-order valence-electron chi connectivity index (χ3n) is 6.74. The Balaban J connectivity index is 1.47. The summed E-state index contributed by atoms with van der Waals surface area (Å²) in [4.78, 5) is 28.3. The number of fused-ring (bicyclic) bond motifs is 1. The molecule has 2 aliphatic heterocycles. The van der Waals surface area contributed by atoms with E-state index in [-0.39, 0.29) is 29.9 Å². The summed E-state index contributed by atoms with van der Waals surface area (Å²) in [6, 6.07) is 7.72. The lowest BCUT2D eigenvalue weighted by atomic mass is 10.0. The topological polar surface area (TPSA) is 66.6 Å². The number of likely N-dealkylation sites (tertiary alicyclic amines) is 2. The summed E-state index contributed by atoms with van der Waals surface area (Å²) in [6.07, 6.45) is -4.76. The SMILES string of the molecule is Cc1ccc(C(CC(N)=O)N2CC3CN(C(=O)c4ccc(F)c(C(F)(F)F)c4)CC3C2)cc1Cl. The van der Waals surface area contributed by atoms with E-state index in [1.54, 1.807) is 0 Å². The first-order valence-corrected chi connectivity index (χ1v) is 11.3. The maximum Gasteiger partial charge on any atom is 0.419 e. The van der Waals surface area contributed by atoms with Crippen LogP contribution in [0.3, 0.4) is 0 Å². The van der Waals surface area contributed by atoms with Gasteiger partial charge in [0.05, 0.1) is 5.56 Å². The van der Waals surface area contributed by atoms with Crippen LogP contribution in [0.2, 0.25) is 5.02 Å². The first-order valence-electron chi connectivity index (χ1n) is 10.9. The number of hydrogen-bond acceptors (Lipinski definition) is 3. The van der Waals surface area contributed by atoms with E-state index in [1.165, 1.54) is 4.90 Å². The Morgan fingerprint density at radius 2 is 1.74 bits per heavy atom. The molecule has 0 radical (unpaired) electrons. The highest BCUT2D eigenvalue weighted by atomic mass is 35.5. The molecule has 182 valence electrons. The quantitative estimate of drug-likeness (QED) is 0.622. The highest BCUT2D eigenvalue weighted by Gasteiger charge is 2.44. The standard InChI is InChI=1S/C24H24ClF4N3O2/c1-13-2-3-14(7-19(13)25)21(8-22(30)33)31-9-16-11-32(12-17(16)10-31)23(34)15-4-5-20(26)18(6-15)24(27,28)29/h2-7,16-17,21H,8-12H2,1H3,(H2,30,33). The van der Waals surface area contributed by atoms with Crippen molar-refractivity contribution in [3.05, 3.63) is 69.5 Å². The number of nitrogens with two attached hydrogens (primary N) is 1. The Labute approximate surface area is 199 Å². The van der Waals surface area contributed by atoms with Crippen LogP contribution >= 0.6 is 11.6 Å². The molecule has 3 unspecified atom stereocenters. The van der Waals surface area contributed by atoms with Crippen LogP contribution in [0.5, 0.6) is 0 Å². The third-order valence-corrected chi connectivity index (χ3v) is 7.14. The number of hydrogen-bond donors (Lipinski definition) is 1. The summed E-state index contributed by atoms with van der Waals surface area (Å²) in [7, 11) is 0. The van der Waals surface area contributed by atoms with Gasteiger partial charge in [0, 0.05) is 49.2 Å². The van der Waals surface area contributed by atoms with Crippen molar-refractivity contribution in [2.75, 3.05) is 26.2 Å². The van der Waals surface area contributed by atoms with Crippen LogP contribution in [0.25, 0.3) is 0 Å². The molecule has 0 saturated carbocycles. The molecule has 2 amide bonds. The molecule has 2 saturated heterocycles. The fraction of sp³-hybridized carbons (Fsp3) is 0.417. The summed E-state index contributed by atoms with van der Waals surface area (Å²) in [6.45, 7) is 3.84. The van der Waals surface area contributed by atoms with Crippen LogP contribution in [-0.4, -0.2) is 47.8 Å². The Hall–Kier alpha value is -2.65. The van der Waals surface area contributed by atoms with E-state index in [9.17, 15) is 27.2 Å². The molecule has 4 rings (SSSR count). The molecule has 10 heteroatoms. The molecule has 0 aliphatic carbocycles. The van der Waals surface area contributed by atoms with Crippen molar-refractivity contribution in [1.82, 2.24) is 9.80 Å². The van der Waals surface area contributed by atoms with Crippen LogP contribution in [0.15, 0.2) is 36.4 Å². The van der Waals surface area contributed by atoms with Gasteiger partial charge < -0.3 is 10.6 Å². The second-order valence-electron chi connectivity index (χ2n) is 9.07. The number of rotatable bonds is 5. The lowest BCUT2D eigenvalue weighted by Gasteiger charge is -2.29. The largest absolute Gasteiger partial charge is 0.419 e. The van der Waals surface area contributed by atoms with Gasteiger partial charge in [-0.1, -0.05) is 23.7 Å². The van der Waals surface area contributed by atoms with Crippen LogP contribution in [0.4, 0.5) is 17.6 Å². The number of benzene rings is 2. The highest BCUT2D eigenvalue weighted by Crippen LogP contribution is 2.39. The Morgan fingerprint density at radius 1 is 1.09 bits per heavy atom. The lowest BCUT2D eigenvalue weighted by Crippen LogP contribution is -2.36. The molecular formula is C24H24ClF4N3O2. The molecule has 3 atom stereocenters. The van der Waals surface area contributed by atoms with Crippen LogP contribution in [0, 0.1) is 24.6 Å². The predicted octanol–water partition coefficient (Wildman–Crippen LogP) is 4.43. The smallest absolute Gasteiger partial charge is 0.370 e. The molecule has 2 aromatic carbocycles. The number of halogens is 5. The number of carbonyl (C=O) groups excluding carboxylic acids is 2. The van der Waals surface area contributed by atoms with E-state index >= 15 is 0 Å². The zero-order valence-electron chi connectivity index (χ0n) is 18.4. The van der Waals surface area contributed by atoms with Gasteiger partial charge in [-0.15, -0.1) is 0 Å². The number of primary amides is 1. The molecule has 5 nitrogen and oxygen atoms in total. The maximum absolute atomic E-state index is 13.6. The predicted molar refractivity (Wildman–Crippen MR) is 119 cm³/mol. The van der Waals surface area contributed by atoms with Crippen molar-refractivity contribution in [1.29, 1.82) is 0 Å². The van der Waals surface area contributed by atoms with E-state index in [0.717, 1.165) is 17.2 Å². The zero-order valence-corrected chi connectivity index (χ0v) is 19.2. The summed E-state index contributed by atoms with van der Waals surface area (Å²) < 4.78 is 52.7. The van der Waals surface area contributed by atoms with Crippen LogP contribution < -0.4 is 5.73 Å². The number of carbonyl (C=O) groups is 2. The fourth-order valence-corrected chi connectivity index (χ4v) is 5.16. The van der Waals surface area contributed by atoms with Crippen molar-refractivity contribution >= 4 is 23.4 Å². The lowest BCUT2D eigenvalue weighted by molar-refractivity contribution is -0.140. The molecule has 2 aliphatic rings. The average Bonchev–Trinajstić information content (AvgIpc) is 3.32. The minimum absolute atomic E-state index is 0.0998. The van der Waals surface area contributed by atoms with E-state index in [0.29, 0.717) is 43.3 Å². The second-order valence-corrected chi connectivity index (χ2v) is 9.48. The van der Waals surface area contributed by atoms with Gasteiger partial charge in [0.2, 0.25) is 5.91 Å². The van der Waals surface area contributed by atoms with E-state index in [2.05, 4.69) is 4.90 Å². The van der Waals surface area contributed by atoms with Crippen LogP contribution in [0.1, 0.15) is 39.5 Å². The summed E-state index contributed by atoms with van der Waals surface area (Å²) in [5.41, 5.74) is 5.67. The molecule has 2 aromatic rings. The normalized spacial score (nSPS) is 21.5. The molecule has 2 fully saturated rings. The average molecular weight is 498 g/mol. The van der Waals surface area contributed by atoms with Gasteiger partial charge in [0.15, 0.2) is 0 Å². The molecule has 0 aromatic heterocycles. The summed E-state index contributed by atoms with van der Waals surface area (Å²) in [5.74, 6) is -2.20. The van der Waals surface area contributed by atoms with Crippen LogP contribution in [-0.2, 0) is 11.0 Å². The Morgan fingerprint density at radius 3 is 2.29 bits per heavy atom. The van der Waals surface area contributed by atoms with Gasteiger partial charge >= 0.3 is 6.18 Å². The first kappa shape index (κ1) is 24.5. The number of alkyl halides is 3. The first-order chi connectivity index (χ1) is 15.9. The van der Waals surface area contributed by atoms with Gasteiger partial charge in [0.25, 0.3) is 5.91 Å². The summed E-state index contributed by atoms with van der Waals surface area (Å²) in [5, 5.41) is 0.598. The minimum Gasteiger partial charge on any atom is -0.370 e. The van der Waals surface area contributed by atoms with Crippen molar-refractivity contribution in [3.63, 3.8) is 0 Å². The van der Waals surface area contributed by atoms with Crippen molar-refractivity contribution in [2.45, 2.75) is 25.6 Å². The number of nitrogens with zero attached hydrogens (tertiary/aromatic N) is 2.